The van der Waals surface area contributed by atoms with Crippen molar-refractivity contribution in [1.29, 1.82) is 0 Å². The summed E-state index contributed by atoms with van der Waals surface area (Å²) in [7, 11) is 1.62. The van der Waals surface area contributed by atoms with E-state index in [9.17, 15) is 4.79 Å². The van der Waals surface area contributed by atoms with Gasteiger partial charge in [0, 0.05) is 11.5 Å². The summed E-state index contributed by atoms with van der Waals surface area (Å²) in [6, 6.07) is 7.49. The summed E-state index contributed by atoms with van der Waals surface area (Å²) >= 11 is 9.59. The lowest BCUT2D eigenvalue weighted by Gasteiger charge is -2.27. The van der Waals surface area contributed by atoms with Crippen LogP contribution in [0.1, 0.15) is 31.8 Å². The molecular formula is C13H17BrClNO2. The van der Waals surface area contributed by atoms with Crippen LogP contribution in [0.25, 0.3) is 0 Å². The van der Waals surface area contributed by atoms with E-state index in [2.05, 4.69) is 15.9 Å². The van der Waals surface area contributed by atoms with Gasteiger partial charge in [-0.2, -0.15) is 0 Å². The van der Waals surface area contributed by atoms with E-state index in [0.29, 0.717) is 0 Å². The third-order valence-corrected chi connectivity index (χ3v) is 3.24. The molecule has 1 aromatic rings. The maximum atomic E-state index is 11.9. The van der Waals surface area contributed by atoms with Gasteiger partial charge in [-0.3, -0.25) is 4.90 Å². The topological polar surface area (TPSA) is 29.5 Å². The number of alkyl halides is 1. The molecule has 0 aliphatic rings. The summed E-state index contributed by atoms with van der Waals surface area (Å²) in [4.78, 5) is 13.2. The largest absolute Gasteiger partial charge is 0.444 e. The highest BCUT2D eigenvalue weighted by Crippen LogP contribution is 2.26. The molecule has 1 unspecified atom stereocenters. The van der Waals surface area contributed by atoms with Crippen molar-refractivity contribution in [2.45, 2.75) is 31.9 Å². The fourth-order valence-corrected chi connectivity index (χ4v) is 1.76. The molecule has 1 amide bonds. The van der Waals surface area contributed by atoms with Crippen LogP contribution < -0.4 is 0 Å². The Balaban J connectivity index is 2.74. The van der Waals surface area contributed by atoms with Crippen molar-refractivity contribution in [2.75, 3.05) is 7.05 Å². The second-order valence-electron chi connectivity index (χ2n) is 4.98. The third-order valence-electron chi connectivity index (χ3n) is 2.17. The molecular weight excluding hydrogens is 318 g/mol. The van der Waals surface area contributed by atoms with Crippen LogP contribution in [0.5, 0.6) is 0 Å². The fourth-order valence-electron chi connectivity index (χ4n) is 1.27. The Morgan fingerprint density at radius 2 is 1.83 bits per heavy atom. The highest BCUT2D eigenvalue weighted by atomic mass is 79.9. The van der Waals surface area contributed by atoms with Crippen molar-refractivity contribution in [1.82, 2.24) is 4.90 Å². The predicted octanol–water partition coefficient (Wildman–Crippen LogP) is 4.55. The van der Waals surface area contributed by atoms with Gasteiger partial charge in [0.1, 0.15) is 11.1 Å². The SMILES string of the molecule is CN(C(=O)OC(C)(C)C)C(Cl)c1ccc(Br)cc1. The summed E-state index contributed by atoms with van der Waals surface area (Å²) in [5.74, 6) is 0. The molecule has 0 aliphatic carbocycles. The molecule has 0 radical (unpaired) electrons. The Kier molecular flexibility index (Phi) is 5.05. The number of nitrogens with zero attached hydrogens (tertiary/aromatic N) is 1. The van der Waals surface area contributed by atoms with E-state index in [1.54, 1.807) is 7.05 Å². The normalized spacial score (nSPS) is 13.0. The zero-order valence-corrected chi connectivity index (χ0v) is 13.2. The van der Waals surface area contributed by atoms with Crippen LogP contribution in [0.4, 0.5) is 4.79 Å². The summed E-state index contributed by atoms with van der Waals surface area (Å²) in [5.41, 5.74) is -0.233. The molecule has 1 aromatic carbocycles. The van der Waals surface area contributed by atoms with Crippen LogP contribution in [0.3, 0.4) is 0 Å². The molecule has 0 fully saturated rings. The smallest absolute Gasteiger partial charge is 0.411 e. The summed E-state index contributed by atoms with van der Waals surface area (Å²) in [5, 5.41) is 0. The zero-order chi connectivity index (χ0) is 13.9. The van der Waals surface area contributed by atoms with Crippen molar-refractivity contribution in [3.63, 3.8) is 0 Å². The van der Waals surface area contributed by atoms with Gasteiger partial charge in [-0.25, -0.2) is 4.79 Å². The van der Waals surface area contributed by atoms with Gasteiger partial charge in [-0.15, -0.1) is 0 Å². The first-order valence-corrected chi connectivity index (χ1v) is 6.79. The van der Waals surface area contributed by atoms with Gasteiger partial charge < -0.3 is 4.74 Å². The quantitative estimate of drug-likeness (QED) is 0.586. The van der Waals surface area contributed by atoms with E-state index in [4.69, 9.17) is 16.3 Å². The molecule has 3 nitrogen and oxygen atoms in total. The molecule has 1 rings (SSSR count). The van der Waals surface area contributed by atoms with E-state index in [0.717, 1.165) is 10.0 Å². The van der Waals surface area contributed by atoms with Crippen molar-refractivity contribution in [2.24, 2.45) is 0 Å². The van der Waals surface area contributed by atoms with Gasteiger partial charge in [-0.05, 0) is 38.5 Å². The lowest BCUT2D eigenvalue weighted by molar-refractivity contribution is 0.0274. The minimum Gasteiger partial charge on any atom is -0.444 e. The number of benzene rings is 1. The van der Waals surface area contributed by atoms with Gasteiger partial charge >= 0.3 is 6.09 Å². The number of hydrogen-bond acceptors (Lipinski definition) is 2. The molecule has 18 heavy (non-hydrogen) atoms. The van der Waals surface area contributed by atoms with Crippen LogP contribution >= 0.6 is 27.5 Å². The van der Waals surface area contributed by atoms with Crippen molar-refractivity contribution in [3.05, 3.63) is 34.3 Å². The monoisotopic (exact) mass is 333 g/mol. The molecule has 0 bridgehead atoms. The van der Waals surface area contributed by atoms with Gasteiger partial charge in [0.25, 0.3) is 0 Å². The maximum Gasteiger partial charge on any atom is 0.411 e. The van der Waals surface area contributed by atoms with Gasteiger partial charge in [-0.1, -0.05) is 39.7 Å². The minimum atomic E-state index is -0.548. The third kappa shape index (κ3) is 4.50. The molecule has 0 heterocycles. The predicted molar refractivity (Wildman–Crippen MR) is 76.7 cm³/mol. The Morgan fingerprint density at radius 1 is 1.33 bits per heavy atom. The zero-order valence-electron chi connectivity index (χ0n) is 10.9. The lowest BCUT2D eigenvalue weighted by Crippen LogP contribution is -2.35. The molecule has 0 aromatic heterocycles. The van der Waals surface area contributed by atoms with Crippen LogP contribution in [-0.4, -0.2) is 23.6 Å². The average Bonchev–Trinajstić information content (AvgIpc) is 2.26. The average molecular weight is 335 g/mol. The van der Waals surface area contributed by atoms with Crippen LogP contribution in [0.2, 0.25) is 0 Å². The van der Waals surface area contributed by atoms with Gasteiger partial charge in [0.05, 0.1) is 0 Å². The molecule has 0 saturated carbocycles. The second kappa shape index (κ2) is 5.93. The fraction of sp³-hybridized carbons (Fsp3) is 0.462. The first-order valence-electron chi connectivity index (χ1n) is 5.56. The van der Waals surface area contributed by atoms with E-state index in [1.165, 1.54) is 4.90 Å². The number of hydrogen-bond donors (Lipinski definition) is 0. The van der Waals surface area contributed by atoms with E-state index >= 15 is 0 Å². The Hall–Kier alpha value is -0.740. The second-order valence-corrected chi connectivity index (χ2v) is 6.31. The maximum absolute atomic E-state index is 11.9. The van der Waals surface area contributed by atoms with Crippen molar-refractivity contribution in [3.8, 4) is 0 Å². The van der Waals surface area contributed by atoms with Gasteiger partial charge in [0.2, 0.25) is 0 Å². The molecule has 0 N–H and O–H groups in total. The summed E-state index contributed by atoms with van der Waals surface area (Å²) in [6.45, 7) is 5.46. The van der Waals surface area contributed by atoms with E-state index < -0.39 is 17.2 Å². The number of amides is 1. The number of rotatable bonds is 2. The van der Waals surface area contributed by atoms with Crippen LogP contribution in [0.15, 0.2) is 28.7 Å². The minimum absolute atomic E-state index is 0.439. The van der Waals surface area contributed by atoms with Gasteiger partial charge in [0.15, 0.2) is 0 Å². The summed E-state index contributed by atoms with van der Waals surface area (Å²) in [6.07, 6.45) is -0.439. The number of ether oxygens (including phenoxy) is 1. The number of halogens is 2. The first kappa shape index (κ1) is 15.3. The number of carbonyl (C=O) groups excluding carboxylic acids is 1. The van der Waals surface area contributed by atoms with Crippen LogP contribution in [-0.2, 0) is 4.74 Å². The number of carbonyl (C=O) groups is 1. The van der Waals surface area contributed by atoms with Crippen molar-refractivity contribution >= 4 is 33.6 Å². The van der Waals surface area contributed by atoms with Crippen LogP contribution in [0, 0.1) is 0 Å². The first-order chi connectivity index (χ1) is 8.20. The highest BCUT2D eigenvalue weighted by molar-refractivity contribution is 9.10. The molecule has 0 saturated heterocycles. The lowest BCUT2D eigenvalue weighted by atomic mass is 10.2. The summed E-state index contributed by atoms with van der Waals surface area (Å²) < 4.78 is 6.23. The Bertz CT molecular complexity index is 414. The molecule has 0 aliphatic heterocycles. The molecule has 1 atom stereocenters. The molecule has 0 spiro atoms. The Labute approximate surface area is 121 Å². The van der Waals surface area contributed by atoms with Crippen molar-refractivity contribution < 1.29 is 9.53 Å². The highest BCUT2D eigenvalue weighted by Gasteiger charge is 2.24. The molecule has 5 heteroatoms. The Morgan fingerprint density at radius 3 is 2.28 bits per heavy atom. The standard InChI is InChI=1S/C13H17BrClNO2/c1-13(2,3)18-12(17)16(4)11(15)9-5-7-10(14)8-6-9/h5-8,11H,1-4H3. The van der Waals surface area contributed by atoms with E-state index in [-0.39, 0.29) is 0 Å². The van der Waals surface area contributed by atoms with E-state index in [1.807, 2.05) is 45.0 Å². The molecule has 100 valence electrons.